The molecule has 4 aromatic rings. The van der Waals surface area contributed by atoms with Crippen LogP contribution in [0.5, 0.6) is 0 Å². The Morgan fingerprint density at radius 2 is 0.722 bits per heavy atom. The number of aromatic nitrogens is 3. The molecule has 3 aromatic carbocycles. The summed E-state index contributed by atoms with van der Waals surface area (Å²) in [6, 6.07) is 14.0. The first kappa shape index (κ1) is 44.0. The maximum Gasteiger partial charge on any atom is 0.339 e. The van der Waals surface area contributed by atoms with Crippen molar-refractivity contribution in [3.63, 3.8) is 0 Å². The van der Waals surface area contributed by atoms with Crippen molar-refractivity contribution in [3.05, 3.63) is 130 Å². The quantitative estimate of drug-likeness (QED) is 0.112. The van der Waals surface area contributed by atoms with Gasteiger partial charge in [0.05, 0.1) is 36.3 Å². The Bertz CT molecular complexity index is 1970. The van der Waals surface area contributed by atoms with Gasteiger partial charge in [-0.2, -0.15) is 0 Å². The average Bonchev–Trinajstić information content (AvgIpc) is 3.10. The van der Waals surface area contributed by atoms with E-state index in [1.165, 1.54) is 18.2 Å². The maximum atomic E-state index is 13.5. The molecule has 0 saturated heterocycles. The summed E-state index contributed by atoms with van der Waals surface area (Å²) in [5.74, 6) is -2.49. The number of ether oxygens (including phenoxy) is 3. The fraction of sp³-hybridized carbons (Fsp3) is 0.273. The van der Waals surface area contributed by atoms with Crippen LogP contribution < -0.4 is 17.1 Å². The number of rotatable bonds is 15. The molecule has 3 atom stereocenters. The van der Waals surface area contributed by atoms with Gasteiger partial charge in [-0.05, 0) is 102 Å². The highest BCUT2D eigenvalue weighted by Gasteiger charge is 2.24. The van der Waals surface area contributed by atoms with E-state index in [9.17, 15) is 44.1 Å². The second kappa shape index (κ2) is 19.9. The normalized spacial score (nSPS) is 12.8. The molecule has 0 radical (unpaired) electrons. The zero-order chi connectivity index (χ0) is 39.9. The second-order valence-electron chi connectivity index (χ2n) is 11.3. The van der Waals surface area contributed by atoms with E-state index in [2.05, 4.69) is 95.6 Å². The number of carbonyl (C=O) groups is 3. The lowest BCUT2D eigenvalue weighted by molar-refractivity contribution is 0.0168. The molecule has 0 aliphatic heterocycles. The minimum Gasteiger partial charge on any atom is -0.459 e. The van der Waals surface area contributed by atoms with Crippen LogP contribution in [0.4, 0.5) is 0 Å². The van der Waals surface area contributed by atoms with E-state index in [-0.39, 0.29) is 16.7 Å². The molecule has 4 rings (SSSR count). The van der Waals surface area contributed by atoms with Crippen LogP contribution in [0, 0.1) is 0 Å². The molecule has 0 fully saturated rings. The van der Waals surface area contributed by atoms with Crippen LogP contribution in [-0.4, -0.2) is 85.1 Å². The van der Waals surface area contributed by atoms with Crippen molar-refractivity contribution in [2.24, 2.45) is 0 Å². The van der Waals surface area contributed by atoms with Crippen molar-refractivity contribution in [1.82, 2.24) is 13.7 Å². The number of halogens is 6. The summed E-state index contributed by atoms with van der Waals surface area (Å²) in [4.78, 5) is 78.5. The van der Waals surface area contributed by atoms with Crippen molar-refractivity contribution in [2.45, 2.75) is 37.9 Å². The van der Waals surface area contributed by atoms with Crippen molar-refractivity contribution in [1.29, 1.82) is 0 Å². The molecule has 1 aromatic heterocycles. The first-order chi connectivity index (χ1) is 25.5. The van der Waals surface area contributed by atoms with E-state index in [4.69, 9.17) is 14.2 Å². The van der Waals surface area contributed by atoms with Crippen LogP contribution in [0.3, 0.4) is 0 Å². The van der Waals surface area contributed by atoms with E-state index in [1.807, 2.05) is 0 Å². The molecule has 54 heavy (non-hydrogen) atoms. The summed E-state index contributed by atoms with van der Waals surface area (Å²) in [5.41, 5.74) is -3.44. The number of aliphatic hydroxyl groups excluding tert-OH is 3. The second-order valence-corrected chi connectivity index (χ2v) is 16.6. The molecule has 3 unspecified atom stereocenters. The van der Waals surface area contributed by atoms with E-state index in [1.54, 1.807) is 36.4 Å². The Morgan fingerprint density at radius 3 is 0.944 bits per heavy atom. The van der Waals surface area contributed by atoms with Crippen LogP contribution in [0.1, 0.15) is 31.1 Å². The van der Waals surface area contributed by atoms with E-state index < -0.39 is 92.7 Å². The minimum atomic E-state index is -1.65. The van der Waals surface area contributed by atoms with Crippen molar-refractivity contribution < 1.29 is 43.9 Å². The van der Waals surface area contributed by atoms with Gasteiger partial charge in [0.1, 0.15) is 38.1 Å². The number of hydrogen-bond acceptors (Lipinski definition) is 12. The summed E-state index contributed by atoms with van der Waals surface area (Å²) in [6.07, 6.45) is -4.96. The Hall–Kier alpha value is -2.76. The van der Waals surface area contributed by atoms with Crippen LogP contribution in [-0.2, 0) is 33.8 Å². The number of nitrogens with zero attached hydrogens (tertiary/aromatic N) is 3. The Kier molecular flexibility index (Phi) is 16.2. The molecule has 0 amide bonds. The first-order valence-corrected chi connectivity index (χ1v) is 20.1. The number of esters is 3. The third-order valence-corrected chi connectivity index (χ3v) is 10.7. The lowest BCUT2D eigenvalue weighted by Crippen LogP contribution is -2.57. The first-order valence-electron chi connectivity index (χ1n) is 15.3. The zero-order valence-corrected chi connectivity index (χ0v) is 36.8. The van der Waals surface area contributed by atoms with Crippen molar-refractivity contribution >= 4 is 113 Å². The van der Waals surface area contributed by atoms with Gasteiger partial charge in [0.15, 0.2) is 0 Å². The molecule has 0 spiro atoms. The fourth-order valence-corrected chi connectivity index (χ4v) is 8.28. The highest BCUT2D eigenvalue weighted by Crippen LogP contribution is 2.24. The summed E-state index contributed by atoms with van der Waals surface area (Å²) in [7, 11) is 0. The molecule has 21 heteroatoms. The highest BCUT2D eigenvalue weighted by atomic mass is 79.9. The van der Waals surface area contributed by atoms with Crippen LogP contribution in [0.15, 0.2) is 95.8 Å². The van der Waals surface area contributed by atoms with Gasteiger partial charge in [-0.1, -0.05) is 47.8 Å². The topological polar surface area (TPSA) is 206 Å². The van der Waals surface area contributed by atoms with Crippen molar-refractivity contribution in [2.75, 3.05) is 19.8 Å². The third kappa shape index (κ3) is 11.6. The monoisotopic (exact) mass is 1130 g/mol. The molecule has 288 valence electrons. The third-order valence-electron chi connectivity index (χ3n) is 7.24. The Balaban J connectivity index is 1.56. The van der Waals surface area contributed by atoms with Crippen LogP contribution >= 0.6 is 95.6 Å². The van der Waals surface area contributed by atoms with Gasteiger partial charge in [0.2, 0.25) is 0 Å². The average molecular weight is 1140 g/mol. The highest BCUT2D eigenvalue weighted by molar-refractivity contribution is 9.11. The summed E-state index contributed by atoms with van der Waals surface area (Å²) >= 11 is 19.5. The molecular weight excluding hydrogens is 1110 g/mol. The lowest BCUT2D eigenvalue weighted by Gasteiger charge is -2.19. The maximum absolute atomic E-state index is 13.5. The van der Waals surface area contributed by atoms with E-state index >= 15 is 0 Å². The number of hydrogen-bond donors (Lipinski definition) is 3. The largest absolute Gasteiger partial charge is 0.459 e. The molecule has 15 nitrogen and oxygen atoms in total. The predicted octanol–water partition coefficient (Wildman–Crippen LogP) is 4.40. The summed E-state index contributed by atoms with van der Waals surface area (Å²) in [6.45, 7) is -4.42. The van der Waals surface area contributed by atoms with Crippen LogP contribution in [0.2, 0.25) is 0 Å². The minimum absolute atomic E-state index is 0.128. The Labute approximate surface area is 355 Å². The number of aliphatic hydroxyl groups is 3. The lowest BCUT2D eigenvalue weighted by atomic mass is 10.2. The standard InChI is InChI=1S/C33H27Br6N3O12/c34-16-1-4-22(25(37)7-16)28(46)52-13-19(43)10-40-31(49)41(11-20(44)14-53-29(47)23-5-2-17(35)8-26(23)38)33(51)42(32(40)50)12-21(45)15-54-30(48)24-6-3-18(36)9-27(24)39/h1-9,19-21,43-45H,10-15H2. The van der Waals surface area contributed by atoms with Crippen molar-refractivity contribution in [3.8, 4) is 0 Å². The molecule has 0 bridgehead atoms. The van der Waals surface area contributed by atoms with Gasteiger partial charge >= 0.3 is 35.0 Å². The van der Waals surface area contributed by atoms with Gasteiger partial charge in [-0.3, -0.25) is 0 Å². The predicted molar refractivity (Wildman–Crippen MR) is 214 cm³/mol. The Morgan fingerprint density at radius 1 is 0.481 bits per heavy atom. The number of benzene rings is 3. The van der Waals surface area contributed by atoms with Gasteiger partial charge in [0.25, 0.3) is 0 Å². The number of carbonyl (C=O) groups excluding carboxylic acids is 3. The van der Waals surface area contributed by atoms with E-state index in [0.717, 1.165) is 0 Å². The molecule has 1 heterocycles. The molecular formula is C33H27Br6N3O12. The molecule has 0 saturated carbocycles. The zero-order valence-electron chi connectivity index (χ0n) is 27.3. The van der Waals surface area contributed by atoms with Gasteiger partial charge in [0, 0.05) is 26.8 Å². The van der Waals surface area contributed by atoms with Gasteiger partial charge < -0.3 is 29.5 Å². The molecule has 0 aliphatic carbocycles. The van der Waals surface area contributed by atoms with Crippen LogP contribution in [0.25, 0.3) is 0 Å². The van der Waals surface area contributed by atoms with E-state index in [0.29, 0.717) is 40.5 Å². The fourth-order valence-electron chi connectivity index (χ4n) is 4.66. The summed E-state index contributed by atoms with van der Waals surface area (Å²) < 4.78 is 20.1. The van der Waals surface area contributed by atoms with Gasteiger partial charge in [-0.15, -0.1) is 0 Å². The smallest absolute Gasteiger partial charge is 0.339 e. The molecule has 0 aliphatic rings. The summed E-state index contributed by atoms with van der Waals surface area (Å²) in [5, 5.41) is 32.2. The SMILES string of the molecule is O=C(OCC(O)Cn1c(=O)n(CC(O)COC(=O)c2ccc(Br)cc2Br)c(=O)n(CC(O)COC(=O)c2ccc(Br)cc2Br)c1=O)c1ccc(Br)cc1Br. The van der Waals surface area contributed by atoms with Gasteiger partial charge in [-0.25, -0.2) is 42.5 Å². The molecule has 3 N–H and O–H groups in total.